The van der Waals surface area contributed by atoms with Gasteiger partial charge in [0.15, 0.2) is 0 Å². The molecule has 37 heavy (non-hydrogen) atoms. The number of amides is 2. The molecule has 0 aliphatic rings. The Kier molecular flexibility index (Phi) is 9.54. The summed E-state index contributed by atoms with van der Waals surface area (Å²) in [5, 5.41) is 3.04. The van der Waals surface area contributed by atoms with E-state index in [0.29, 0.717) is 22.9 Å². The van der Waals surface area contributed by atoms with Crippen LogP contribution in [0.15, 0.2) is 83.8 Å². The molecule has 8 nitrogen and oxygen atoms in total. The Balaban J connectivity index is 2.07. The van der Waals surface area contributed by atoms with E-state index in [-0.39, 0.29) is 23.0 Å². The second-order valence-corrected chi connectivity index (χ2v) is 10.5. The molecule has 0 saturated heterocycles. The highest BCUT2D eigenvalue weighted by Crippen LogP contribution is 2.32. The van der Waals surface area contributed by atoms with Crippen molar-refractivity contribution in [3.8, 4) is 5.75 Å². The van der Waals surface area contributed by atoms with Crippen molar-refractivity contribution in [2.75, 3.05) is 24.5 Å². The van der Waals surface area contributed by atoms with Crippen molar-refractivity contribution < 1.29 is 22.7 Å². The van der Waals surface area contributed by atoms with E-state index in [4.69, 9.17) is 16.3 Å². The lowest BCUT2D eigenvalue weighted by molar-refractivity contribution is -0.139. The van der Waals surface area contributed by atoms with Gasteiger partial charge in [0, 0.05) is 18.6 Å². The third-order valence-corrected chi connectivity index (χ3v) is 7.71. The van der Waals surface area contributed by atoms with Gasteiger partial charge in [0.1, 0.15) is 18.3 Å². The summed E-state index contributed by atoms with van der Waals surface area (Å²) in [6.07, 6.45) is 0. The Bertz CT molecular complexity index is 1330. The number of carbonyl (C=O) groups excluding carboxylic acids is 2. The van der Waals surface area contributed by atoms with Gasteiger partial charge in [-0.25, -0.2) is 8.42 Å². The van der Waals surface area contributed by atoms with Gasteiger partial charge in [0.2, 0.25) is 11.8 Å². The van der Waals surface area contributed by atoms with Crippen LogP contribution < -0.4 is 14.4 Å². The first kappa shape index (κ1) is 28.0. The third kappa shape index (κ3) is 6.81. The fraction of sp³-hybridized carbons (Fsp3) is 0.259. The molecule has 1 N–H and O–H groups in total. The van der Waals surface area contributed by atoms with E-state index in [1.807, 2.05) is 0 Å². The lowest BCUT2D eigenvalue weighted by Crippen LogP contribution is -2.50. The molecule has 1 atom stereocenters. The van der Waals surface area contributed by atoms with E-state index in [2.05, 4.69) is 5.32 Å². The van der Waals surface area contributed by atoms with Crippen molar-refractivity contribution in [2.24, 2.45) is 0 Å². The van der Waals surface area contributed by atoms with E-state index in [9.17, 15) is 18.0 Å². The summed E-state index contributed by atoms with van der Waals surface area (Å²) < 4.78 is 34.3. The van der Waals surface area contributed by atoms with Crippen LogP contribution in [-0.2, 0) is 26.2 Å². The summed E-state index contributed by atoms with van der Waals surface area (Å²) >= 11 is 6.13. The molecule has 0 heterocycles. The lowest BCUT2D eigenvalue weighted by atomic mass is 10.1. The van der Waals surface area contributed by atoms with Crippen LogP contribution in [0.25, 0.3) is 0 Å². The van der Waals surface area contributed by atoms with Gasteiger partial charge in [-0.15, -0.1) is 0 Å². The molecule has 0 fully saturated rings. The minimum Gasteiger partial charge on any atom is -0.492 e. The van der Waals surface area contributed by atoms with Crippen molar-refractivity contribution in [1.82, 2.24) is 10.2 Å². The minimum atomic E-state index is -4.17. The van der Waals surface area contributed by atoms with E-state index < -0.39 is 28.5 Å². The highest BCUT2D eigenvalue weighted by molar-refractivity contribution is 7.92. The number of sulfonamides is 1. The molecule has 196 valence electrons. The molecule has 0 spiro atoms. The van der Waals surface area contributed by atoms with Crippen LogP contribution >= 0.6 is 11.6 Å². The van der Waals surface area contributed by atoms with Crippen LogP contribution in [0.2, 0.25) is 5.02 Å². The summed E-state index contributed by atoms with van der Waals surface area (Å²) in [6.45, 7) is 3.18. The molecule has 3 aromatic rings. The first-order chi connectivity index (χ1) is 17.7. The summed E-state index contributed by atoms with van der Waals surface area (Å²) in [4.78, 5) is 27.7. The Morgan fingerprint density at radius 3 is 2.32 bits per heavy atom. The number of hydrogen-bond acceptors (Lipinski definition) is 5. The molecule has 0 aliphatic carbocycles. The number of hydrogen-bond donors (Lipinski definition) is 1. The van der Waals surface area contributed by atoms with Crippen LogP contribution in [0.3, 0.4) is 0 Å². The number of halogens is 1. The maximum absolute atomic E-state index is 13.8. The van der Waals surface area contributed by atoms with Gasteiger partial charge in [0.05, 0.1) is 17.2 Å². The lowest BCUT2D eigenvalue weighted by Gasteiger charge is -2.32. The Morgan fingerprint density at radius 1 is 1.00 bits per heavy atom. The van der Waals surface area contributed by atoms with Crippen molar-refractivity contribution in [3.05, 3.63) is 89.4 Å². The molecule has 2 amide bonds. The quantitative estimate of drug-likeness (QED) is 0.393. The van der Waals surface area contributed by atoms with Crippen molar-refractivity contribution in [1.29, 1.82) is 0 Å². The Labute approximate surface area is 222 Å². The predicted molar refractivity (Wildman–Crippen MR) is 144 cm³/mol. The number of nitrogens with zero attached hydrogens (tertiary/aromatic N) is 2. The highest BCUT2D eigenvalue weighted by Gasteiger charge is 2.33. The van der Waals surface area contributed by atoms with Crippen molar-refractivity contribution >= 4 is 39.1 Å². The number of likely N-dealkylation sites (N-methyl/N-ethyl adjacent to an activating group) is 1. The largest absolute Gasteiger partial charge is 0.492 e. The van der Waals surface area contributed by atoms with Crippen LogP contribution in [0.4, 0.5) is 5.69 Å². The molecule has 0 aliphatic heterocycles. The van der Waals surface area contributed by atoms with Gasteiger partial charge in [-0.2, -0.15) is 0 Å². The van der Waals surface area contributed by atoms with Crippen LogP contribution in [0.5, 0.6) is 5.75 Å². The summed E-state index contributed by atoms with van der Waals surface area (Å²) in [5.41, 5.74) is 0.917. The average molecular weight is 544 g/mol. The number of benzene rings is 3. The molecule has 0 aromatic heterocycles. The number of ether oxygens (including phenoxy) is 1. The molecule has 10 heteroatoms. The summed E-state index contributed by atoms with van der Waals surface area (Å²) in [5.74, 6) is -0.637. The number of nitrogens with one attached hydrogen (secondary N) is 1. The summed E-state index contributed by atoms with van der Waals surface area (Å²) in [7, 11) is -2.69. The average Bonchev–Trinajstić information content (AvgIpc) is 2.90. The number of rotatable bonds is 11. The van der Waals surface area contributed by atoms with Gasteiger partial charge in [0.25, 0.3) is 10.0 Å². The van der Waals surface area contributed by atoms with Crippen molar-refractivity contribution in [2.45, 2.75) is 31.3 Å². The monoisotopic (exact) mass is 543 g/mol. The van der Waals surface area contributed by atoms with Crippen molar-refractivity contribution in [3.63, 3.8) is 0 Å². The topological polar surface area (TPSA) is 96.0 Å². The van der Waals surface area contributed by atoms with Gasteiger partial charge < -0.3 is 15.0 Å². The number of carbonyl (C=O) groups is 2. The standard InChI is InChI=1S/C27H30ClN3O5S/c1-4-36-25-16-9-8-15-24(25)31(37(34,35)23-13-6-5-7-14-23)19-26(32)30(20(2)27(33)29-3)18-21-11-10-12-22(28)17-21/h5-17,20H,4,18-19H2,1-3H3,(H,29,33)/t20-/m1/s1. The first-order valence-corrected chi connectivity index (χ1v) is 13.6. The first-order valence-electron chi connectivity index (χ1n) is 11.7. The zero-order valence-corrected chi connectivity index (χ0v) is 22.5. The van der Waals surface area contributed by atoms with E-state index >= 15 is 0 Å². The van der Waals surface area contributed by atoms with E-state index in [1.54, 1.807) is 80.6 Å². The second kappa shape index (κ2) is 12.6. The number of anilines is 1. The third-order valence-electron chi connectivity index (χ3n) is 5.70. The maximum atomic E-state index is 13.8. The SMILES string of the molecule is CCOc1ccccc1N(CC(=O)N(Cc1cccc(Cl)c1)[C@H](C)C(=O)NC)S(=O)(=O)c1ccccc1. The fourth-order valence-electron chi connectivity index (χ4n) is 3.80. The minimum absolute atomic E-state index is 0.0230. The van der Waals surface area contributed by atoms with Gasteiger partial charge in [-0.1, -0.05) is 54.1 Å². The normalized spacial score (nSPS) is 11.9. The highest BCUT2D eigenvalue weighted by atomic mass is 35.5. The maximum Gasteiger partial charge on any atom is 0.264 e. The second-order valence-electron chi connectivity index (χ2n) is 8.17. The zero-order chi connectivity index (χ0) is 27.0. The molecule has 3 rings (SSSR count). The van der Waals surface area contributed by atoms with E-state index in [0.717, 1.165) is 4.31 Å². The fourth-order valence-corrected chi connectivity index (χ4v) is 5.46. The Hall–Kier alpha value is -3.56. The van der Waals surface area contributed by atoms with E-state index in [1.165, 1.54) is 24.1 Å². The van der Waals surface area contributed by atoms with Crippen LogP contribution in [-0.4, -0.2) is 51.4 Å². The zero-order valence-electron chi connectivity index (χ0n) is 20.9. The molecule has 0 radical (unpaired) electrons. The molecule has 3 aromatic carbocycles. The smallest absolute Gasteiger partial charge is 0.264 e. The summed E-state index contributed by atoms with van der Waals surface area (Å²) in [6, 6.07) is 20.5. The van der Waals surface area contributed by atoms with Crippen LogP contribution in [0, 0.1) is 0 Å². The number of para-hydroxylation sites is 2. The molecule has 0 bridgehead atoms. The molecular formula is C27H30ClN3O5S. The van der Waals surface area contributed by atoms with Gasteiger partial charge >= 0.3 is 0 Å². The molecule has 0 unspecified atom stereocenters. The van der Waals surface area contributed by atoms with Gasteiger partial charge in [-0.05, 0) is 55.8 Å². The molecule has 0 saturated carbocycles. The predicted octanol–water partition coefficient (Wildman–Crippen LogP) is 4.10. The van der Waals surface area contributed by atoms with Gasteiger partial charge in [-0.3, -0.25) is 13.9 Å². The molecular weight excluding hydrogens is 514 g/mol. The van der Waals surface area contributed by atoms with Crippen LogP contribution in [0.1, 0.15) is 19.4 Å². The Morgan fingerprint density at radius 2 is 1.68 bits per heavy atom.